The van der Waals surface area contributed by atoms with Gasteiger partial charge in [-0.2, -0.15) is 9.61 Å². The van der Waals surface area contributed by atoms with Gasteiger partial charge in [-0.3, -0.25) is 4.79 Å². The van der Waals surface area contributed by atoms with Crippen molar-refractivity contribution < 1.29 is 0 Å². The molecule has 0 atom stereocenters. The SMILES string of the molecule is CCc1nn2c(=O)cc(CSc3nnc(C)n3C)nc2s1. The Bertz CT molecular complexity index is 849. The summed E-state index contributed by atoms with van der Waals surface area (Å²) in [5, 5.41) is 14.1. The van der Waals surface area contributed by atoms with Crippen LogP contribution in [0.3, 0.4) is 0 Å². The first-order valence-corrected chi connectivity index (χ1v) is 8.26. The average Bonchev–Trinajstić information content (AvgIpc) is 3.02. The van der Waals surface area contributed by atoms with E-state index in [1.807, 2.05) is 25.5 Å². The first-order chi connectivity index (χ1) is 10.1. The summed E-state index contributed by atoms with van der Waals surface area (Å²) in [4.78, 5) is 17.2. The number of hydrogen-bond acceptors (Lipinski definition) is 7. The fraction of sp³-hybridized carbons (Fsp3) is 0.417. The lowest BCUT2D eigenvalue weighted by atomic mass is 10.4. The van der Waals surface area contributed by atoms with Crippen molar-refractivity contribution in [3.05, 3.63) is 32.9 Å². The van der Waals surface area contributed by atoms with E-state index in [9.17, 15) is 4.79 Å². The van der Waals surface area contributed by atoms with E-state index >= 15 is 0 Å². The first kappa shape index (κ1) is 14.2. The Hall–Kier alpha value is -1.74. The minimum atomic E-state index is -0.138. The minimum absolute atomic E-state index is 0.138. The van der Waals surface area contributed by atoms with Gasteiger partial charge in [0.2, 0.25) is 4.96 Å². The molecule has 7 nitrogen and oxygen atoms in total. The monoisotopic (exact) mass is 322 g/mol. The van der Waals surface area contributed by atoms with E-state index in [-0.39, 0.29) is 5.56 Å². The van der Waals surface area contributed by atoms with E-state index in [0.717, 1.165) is 28.1 Å². The molecular weight excluding hydrogens is 308 g/mol. The van der Waals surface area contributed by atoms with Gasteiger partial charge in [0, 0.05) is 18.9 Å². The van der Waals surface area contributed by atoms with Gasteiger partial charge in [0.25, 0.3) is 5.56 Å². The van der Waals surface area contributed by atoms with Crippen LogP contribution in [0.1, 0.15) is 23.4 Å². The normalized spacial score (nSPS) is 11.4. The fourth-order valence-corrected chi connectivity index (χ4v) is 3.47. The van der Waals surface area contributed by atoms with Crippen LogP contribution in [0.5, 0.6) is 0 Å². The van der Waals surface area contributed by atoms with Crippen LogP contribution in [-0.4, -0.2) is 29.4 Å². The van der Waals surface area contributed by atoms with Gasteiger partial charge in [0.1, 0.15) is 10.8 Å². The standard InChI is InChI=1S/C12H14N6OS2/c1-4-9-16-18-10(19)5-8(13-11(18)21-9)6-20-12-15-14-7(2)17(12)3/h5H,4,6H2,1-3H3. The summed E-state index contributed by atoms with van der Waals surface area (Å²) in [6.07, 6.45) is 0.801. The van der Waals surface area contributed by atoms with E-state index in [4.69, 9.17) is 0 Å². The molecule has 0 spiro atoms. The van der Waals surface area contributed by atoms with Gasteiger partial charge >= 0.3 is 0 Å². The number of hydrogen-bond donors (Lipinski definition) is 0. The summed E-state index contributed by atoms with van der Waals surface area (Å²) < 4.78 is 3.28. The van der Waals surface area contributed by atoms with Crippen LogP contribution in [0.25, 0.3) is 4.96 Å². The number of aromatic nitrogens is 6. The van der Waals surface area contributed by atoms with Crippen LogP contribution in [0, 0.1) is 6.92 Å². The lowest BCUT2D eigenvalue weighted by Crippen LogP contribution is -2.15. The van der Waals surface area contributed by atoms with Gasteiger partial charge in [-0.15, -0.1) is 10.2 Å². The molecule has 3 heterocycles. The van der Waals surface area contributed by atoms with Crippen LogP contribution in [-0.2, 0) is 19.2 Å². The Labute approximate surface area is 129 Å². The molecule has 110 valence electrons. The van der Waals surface area contributed by atoms with Crippen molar-refractivity contribution in [1.82, 2.24) is 29.4 Å². The highest BCUT2D eigenvalue weighted by Crippen LogP contribution is 2.20. The molecule has 0 saturated heterocycles. The molecule has 3 rings (SSSR count). The highest BCUT2D eigenvalue weighted by molar-refractivity contribution is 7.98. The van der Waals surface area contributed by atoms with Gasteiger partial charge in [0.05, 0.1) is 5.69 Å². The van der Waals surface area contributed by atoms with Crippen molar-refractivity contribution in [3.63, 3.8) is 0 Å². The Morgan fingerprint density at radius 3 is 2.86 bits per heavy atom. The van der Waals surface area contributed by atoms with Crippen molar-refractivity contribution in [3.8, 4) is 0 Å². The molecule has 0 bridgehead atoms. The number of aryl methyl sites for hydroxylation is 2. The highest BCUT2D eigenvalue weighted by Gasteiger charge is 2.10. The second-order valence-corrected chi connectivity index (χ2v) is 6.49. The molecule has 0 aliphatic heterocycles. The van der Waals surface area contributed by atoms with Crippen LogP contribution in [0.4, 0.5) is 0 Å². The highest BCUT2D eigenvalue weighted by atomic mass is 32.2. The molecule has 0 saturated carbocycles. The molecule has 9 heteroatoms. The van der Waals surface area contributed by atoms with E-state index in [0.29, 0.717) is 10.7 Å². The van der Waals surface area contributed by atoms with E-state index < -0.39 is 0 Å². The number of rotatable bonds is 4. The fourth-order valence-electron chi connectivity index (χ4n) is 1.76. The summed E-state index contributed by atoms with van der Waals surface area (Å²) in [5.41, 5.74) is 0.595. The third kappa shape index (κ3) is 2.70. The lowest BCUT2D eigenvalue weighted by molar-refractivity contribution is 0.765. The Morgan fingerprint density at radius 1 is 1.38 bits per heavy atom. The molecule has 21 heavy (non-hydrogen) atoms. The zero-order valence-electron chi connectivity index (χ0n) is 11.9. The van der Waals surface area contributed by atoms with Crippen LogP contribution < -0.4 is 5.56 Å². The molecule has 0 aliphatic carbocycles. The third-order valence-electron chi connectivity index (χ3n) is 3.04. The molecule has 0 aliphatic rings. The third-order valence-corrected chi connectivity index (χ3v) is 5.15. The molecule has 3 aromatic heterocycles. The minimum Gasteiger partial charge on any atom is -0.309 e. The second kappa shape index (κ2) is 5.57. The zero-order valence-corrected chi connectivity index (χ0v) is 13.5. The van der Waals surface area contributed by atoms with Crippen LogP contribution in [0.15, 0.2) is 16.0 Å². The Kier molecular flexibility index (Phi) is 3.77. The van der Waals surface area contributed by atoms with Gasteiger partial charge < -0.3 is 4.57 Å². The van der Waals surface area contributed by atoms with Crippen molar-refractivity contribution in [2.45, 2.75) is 31.2 Å². The number of thioether (sulfide) groups is 1. The second-order valence-electron chi connectivity index (χ2n) is 4.51. The molecule has 0 aromatic carbocycles. The van der Waals surface area contributed by atoms with E-state index in [1.54, 1.807) is 0 Å². The average molecular weight is 322 g/mol. The summed E-state index contributed by atoms with van der Waals surface area (Å²) in [6, 6.07) is 1.53. The zero-order chi connectivity index (χ0) is 15.0. The summed E-state index contributed by atoms with van der Waals surface area (Å²) in [7, 11) is 1.92. The maximum absolute atomic E-state index is 12.0. The van der Waals surface area contributed by atoms with Gasteiger partial charge in [-0.25, -0.2) is 4.98 Å². The quantitative estimate of drug-likeness (QED) is 0.676. The summed E-state index contributed by atoms with van der Waals surface area (Å²) in [5.74, 6) is 1.44. The molecule has 0 radical (unpaired) electrons. The Balaban J connectivity index is 1.87. The molecule has 0 amide bonds. The predicted octanol–water partition coefficient (Wildman–Crippen LogP) is 1.44. The van der Waals surface area contributed by atoms with Crippen molar-refractivity contribution >= 4 is 28.1 Å². The van der Waals surface area contributed by atoms with Gasteiger partial charge in [-0.05, 0) is 13.3 Å². The van der Waals surface area contributed by atoms with E-state index in [2.05, 4.69) is 20.3 Å². The first-order valence-electron chi connectivity index (χ1n) is 6.46. The summed E-state index contributed by atoms with van der Waals surface area (Å²) >= 11 is 2.97. The largest absolute Gasteiger partial charge is 0.309 e. The molecule has 0 fully saturated rings. The smallest absolute Gasteiger partial charge is 0.275 e. The van der Waals surface area contributed by atoms with E-state index in [1.165, 1.54) is 33.7 Å². The molecule has 0 unspecified atom stereocenters. The Morgan fingerprint density at radius 2 is 2.19 bits per heavy atom. The van der Waals surface area contributed by atoms with Crippen molar-refractivity contribution in [1.29, 1.82) is 0 Å². The maximum Gasteiger partial charge on any atom is 0.275 e. The molecular formula is C12H14N6OS2. The van der Waals surface area contributed by atoms with Crippen molar-refractivity contribution in [2.24, 2.45) is 7.05 Å². The molecule has 0 N–H and O–H groups in total. The van der Waals surface area contributed by atoms with Crippen LogP contribution >= 0.6 is 23.1 Å². The van der Waals surface area contributed by atoms with Gasteiger partial charge in [0.15, 0.2) is 5.16 Å². The number of fused-ring (bicyclic) bond motifs is 1. The molecule has 3 aromatic rings. The maximum atomic E-state index is 12.0. The van der Waals surface area contributed by atoms with Crippen LogP contribution in [0.2, 0.25) is 0 Å². The lowest BCUT2D eigenvalue weighted by Gasteiger charge is -2.01. The predicted molar refractivity (Wildman–Crippen MR) is 81.8 cm³/mol. The van der Waals surface area contributed by atoms with Crippen molar-refractivity contribution in [2.75, 3.05) is 0 Å². The van der Waals surface area contributed by atoms with Gasteiger partial charge in [-0.1, -0.05) is 30.0 Å². The summed E-state index contributed by atoms with van der Waals surface area (Å²) in [6.45, 7) is 3.91. The number of nitrogens with zero attached hydrogens (tertiary/aromatic N) is 6. The topological polar surface area (TPSA) is 78.0 Å².